The molecule has 0 aliphatic carbocycles. The standard InChI is InChI=1S/C15H14BrNO3S/c1-10-2-4-13(5-3-10)21(19,20)17-8-11-6-12(18)7-15(16)14(11)9-17/h2-7,18H,8-9H2,1H3. The Labute approximate surface area is 132 Å². The number of hydrogen-bond donors (Lipinski definition) is 1. The predicted octanol–water partition coefficient (Wildman–Crippen LogP) is 3.17. The molecule has 0 fully saturated rings. The summed E-state index contributed by atoms with van der Waals surface area (Å²) in [5.74, 6) is 0.134. The number of phenols is 1. The summed E-state index contributed by atoms with van der Waals surface area (Å²) in [6, 6.07) is 10.0. The molecule has 1 heterocycles. The van der Waals surface area contributed by atoms with Gasteiger partial charge in [-0.2, -0.15) is 4.31 Å². The van der Waals surface area contributed by atoms with Gasteiger partial charge in [0.1, 0.15) is 5.75 Å². The van der Waals surface area contributed by atoms with Gasteiger partial charge in [-0.05, 0) is 42.3 Å². The van der Waals surface area contributed by atoms with Crippen molar-refractivity contribution in [3.63, 3.8) is 0 Å². The molecule has 4 nitrogen and oxygen atoms in total. The number of rotatable bonds is 2. The molecule has 0 saturated heterocycles. The predicted molar refractivity (Wildman–Crippen MR) is 83.4 cm³/mol. The summed E-state index contributed by atoms with van der Waals surface area (Å²) in [5.41, 5.74) is 2.76. The van der Waals surface area contributed by atoms with Crippen LogP contribution in [0.1, 0.15) is 16.7 Å². The van der Waals surface area contributed by atoms with E-state index in [1.807, 2.05) is 6.92 Å². The Hall–Kier alpha value is -1.37. The molecule has 110 valence electrons. The van der Waals surface area contributed by atoms with Crippen LogP contribution in [0.5, 0.6) is 5.75 Å². The highest BCUT2D eigenvalue weighted by atomic mass is 79.9. The third-order valence-electron chi connectivity index (χ3n) is 3.61. The van der Waals surface area contributed by atoms with E-state index < -0.39 is 10.0 Å². The average Bonchev–Trinajstić information content (AvgIpc) is 2.84. The molecule has 0 unspecified atom stereocenters. The Balaban J connectivity index is 1.97. The summed E-state index contributed by atoms with van der Waals surface area (Å²) in [7, 11) is -3.52. The molecule has 0 bridgehead atoms. The van der Waals surface area contributed by atoms with E-state index in [4.69, 9.17) is 0 Å². The molecule has 0 spiro atoms. The first-order chi connectivity index (χ1) is 9.88. The normalized spacial score (nSPS) is 15.1. The van der Waals surface area contributed by atoms with Crippen molar-refractivity contribution in [3.05, 3.63) is 57.6 Å². The van der Waals surface area contributed by atoms with Crippen molar-refractivity contribution >= 4 is 26.0 Å². The smallest absolute Gasteiger partial charge is 0.243 e. The van der Waals surface area contributed by atoms with Gasteiger partial charge in [-0.3, -0.25) is 0 Å². The molecule has 0 aromatic heterocycles. The first-order valence-electron chi connectivity index (χ1n) is 6.45. The molecular weight excluding hydrogens is 354 g/mol. The molecule has 21 heavy (non-hydrogen) atoms. The molecule has 0 amide bonds. The minimum absolute atomic E-state index is 0.134. The van der Waals surface area contributed by atoms with Crippen LogP contribution in [-0.4, -0.2) is 17.8 Å². The van der Waals surface area contributed by atoms with E-state index in [1.54, 1.807) is 36.4 Å². The molecule has 1 N–H and O–H groups in total. The van der Waals surface area contributed by atoms with Gasteiger partial charge >= 0.3 is 0 Å². The van der Waals surface area contributed by atoms with Gasteiger partial charge in [0, 0.05) is 17.6 Å². The first-order valence-corrected chi connectivity index (χ1v) is 8.68. The van der Waals surface area contributed by atoms with Crippen molar-refractivity contribution in [2.24, 2.45) is 0 Å². The average molecular weight is 368 g/mol. The summed E-state index contributed by atoms with van der Waals surface area (Å²) in [5, 5.41) is 9.62. The van der Waals surface area contributed by atoms with Crippen LogP contribution < -0.4 is 0 Å². The van der Waals surface area contributed by atoms with Crippen molar-refractivity contribution in [2.75, 3.05) is 0 Å². The Kier molecular flexibility index (Phi) is 3.55. The quantitative estimate of drug-likeness (QED) is 0.886. The second-order valence-electron chi connectivity index (χ2n) is 5.15. The summed E-state index contributed by atoms with van der Waals surface area (Å²) >= 11 is 3.38. The van der Waals surface area contributed by atoms with Gasteiger partial charge in [-0.15, -0.1) is 0 Å². The molecule has 2 aromatic rings. The lowest BCUT2D eigenvalue weighted by Gasteiger charge is -2.15. The first kappa shape index (κ1) is 14.6. The number of nitrogens with zero attached hydrogens (tertiary/aromatic N) is 1. The van der Waals surface area contributed by atoms with Gasteiger partial charge < -0.3 is 5.11 Å². The second kappa shape index (κ2) is 5.12. The molecule has 6 heteroatoms. The zero-order valence-electron chi connectivity index (χ0n) is 11.4. The van der Waals surface area contributed by atoms with E-state index in [0.717, 1.165) is 21.2 Å². The lowest BCUT2D eigenvalue weighted by atomic mass is 10.1. The van der Waals surface area contributed by atoms with Crippen LogP contribution in [0, 0.1) is 6.92 Å². The van der Waals surface area contributed by atoms with E-state index in [0.29, 0.717) is 11.4 Å². The van der Waals surface area contributed by atoms with Gasteiger partial charge in [0.25, 0.3) is 0 Å². The van der Waals surface area contributed by atoms with E-state index in [9.17, 15) is 13.5 Å². The molecule has 0 radical (unpaired) electrons. The van der Waals surface area contributed by atoms with Gasteiger partial charge in [-0.25, -0.2) is 8.42 Å². The summed E-state index contributed by atoms with van der Waals surface area (Å²) in [4.78, 5) is 0.293. The third kappa shape index (κ3) is 2.59. The summed E-state index contributed by atoms with van der Waals surface area (Å²) in [6.45, 7) is 2.51. The maximum Gasteiger partial charge on any atom is 0.243 e. The van der Waals surface area contributed by atoms with Crippen LogP contribution in [0.2, 0.25) is 0 Å². The summed E-state index contributed by atoms with van der Waals surface area (Å²) < 4.78 is 27.5. The summed E-state index contributed by atoms with van der Waals surface area (Å²) in [6.07, 6.45) is 0. The maximum atomic E-state index is 12.7. The molecular formula is C15H14BrNO3S. The number of sulfonamides is 1. The molecule has 1 aliphatic heterocycles. The van der Waals surface area contributed by atoms with Crippen molar-refractivity contribution in [1.29, 1.82) is 0 Å². The van der Waals surface area contributed by atoms with Crippen molar-refractivity contribution in [3.8, 4) is 5.75 Å². The van der Waals surface area contributed by atoms with Gasteiger partial charge in [-0.1, -0.05) is 33.6 Å². The van der Waals surface area contributed by atoms with Crippen LogP contribution in [0.3, 0.4) is 0 Å². The zero-order valence-corrected chi connectivity index (χ0v) is 13.8. The van der Waals surface area contributed by atoms with Crippen LogP contribution in [-0.2, 0) is 23.1 Å². The fourth-order valence-electron chi connectivity index (χ4n) is 2.45. The molecule has 1 aliphatic rings. The number of phenolic OH excluding ortho intramolecular Hbond substituents is 1. The van der Waals surface area contributed by atoms with Crippen molar-refractivity contribution in [1.82, 2.24) is 4.31 Å². The molecule has 0 atom stereocenters. The number of halogens is 1. The molecule has 3 rings (SSSR count). The largest absolute Gasteiger partial charge is 0.508 e. The van der Waals surface area contributed by atoms with E-state index in [1.165, 1.54) is 4.31 Å². The fourth-order valence-corrected chi connectivity index (χ4v) is 4.45. The number of benzene rings is 2. The van der Waals surface area contributed by atoms with E-state index in [2.05, 4.69) is 15.9 Å². The Morgan fingerprint density at radius 1 is 1.14 bits per heavy atom. The van der Waals surface area contributed by atoms with Gasteiger partial charge in [0.2, 0.25) is 10.0 Å². The number of fused-ring (bicyclic) bond motifs is 1. The van der Waals surface area contributed by atoms with E-state index in [-0.39, 0.29) is 12.3 Å². The fraction of sp³-hybridized carbons (Fsp3) is 0.200. The lowest BCUT2D eigenvalue weighted by Crippen LogP contribution is -2.25. The van der Waals surface area contributed by atoms with Gasteiger partial charge in [0.15, 0.2) is 0 Å². The zero-order chi connectivity index (χ0) is 15.2. The Bertz CT molecular complexity index is 800. The molecule has 2 aromatic carbocycles. The number of hydrogen-bond acceptors (Lipinski definition) is 3. The van der Waals surface area contributed by atoms with Gasteiger partial charge in [0.05, 0.1) is 4.90 Å². The lowest BCUT2D eigenvalue weighted by molar-refractivity contribution is 0.431. The highest BCUT2D eigenvalue weighted by molar-refractivity contribution is 9.10. The highest BCUT2D eigenvalue weighted by Gasteiger charge is 2.31. The van der Waals surface area contributed by atoms with Crippen LogP contribution in [0.4, 0.5) is 0 Å². The van der Waals surface area contributed by atoms with Crippen LogP contribution in [0.25, 0.3) is 0 Å². The SMILES string of the molecule is Cc1ccc(S(=O)(=O)N2Cc3cc(O)cc(Br)c3C2)cc1. The Morgan fingerprint density at radius 2 is 1.81 bits per heavy atom. The number of aryl methyl sites for hydroxylation is 1. The molecule has 0 saturated carbocycles. The van der Waals surface area contributed by atoms with Crippen molar-refractivity contribution < 1.29 is 13.5 Å². The minimum atomic E-state index is -3.52. The Morgan fingerprint density at radius 3 is 2.48 bits per heavy atom. The van der Waals surface area contributed by atoms with Crippen LogP contribution >= 0.6 is 15.9 Å². The topological polar surface area (TPSA) is 57.6 Å². The van der Waals surface area contributed by atoms with Crippen LogP contribution in [0.15, 0.2) is 45.8 Å². The third-order valence-corrected chi connectivity index (χ3v) is 6.13. The maximum absolute atomic E-state index is 12.7. The second-order valence-corrected chi connectivity index (χ2v) is 7.94. The van der Waals surface area contributed by atoms with Crippen molar-refractivity contribution in [2.45, 2.75) is 24.9 Å². The monoisotopic (exact) mass is 367 g/mol. The minimum Gasteiger partial charge on any atom is -0.508 e. The van der Waals surface area contributed by atoms with E-state index >= 15 is 0 Å². The number of aromatic hydroxyl groups is 1. The highest BCUT2D eigenvalue weighted by Crippen LogP contribution is 2.35.